The van der Waals surface area contributed by atoms with Crippen LogP contribution in [0.3, 0.4) is 0 Å². The average Bonchev–Trinajstić information content (AvgIpc) is 2.36. The van der Waals surface area contributed by atoms with Crippen LogP contribution in [-0.2, 0) is 0 Å². The van der Waals surface area contributed by atoms with Gasteiger partial charge in [-0.3, -0.25) is 0 Å². The van der Waals surface area contributed by atoms with Crippen molar-refractivity contribution in [2.24, 2.45) is 0 Å². The third kappa shape index (κ3) is 1.12. The van der Waals surface area contributed by atoms with Crippen molar-refractivity contribution < 1.29 is 0 Å². The van der Waals surface area contributed by atoms with E-state index in [-0.39, 0.29) is 0 Å². The van der Waals surface area contributed by atoms with Gasteiger partial charge in [-0.2, -0.15) is 0 Å². The fourth-order valence-electron chi connectivity index (χ4n) is 2.87. The van der Waals surface area contributed by atoms with Crippen molar-refractivity contribution in [2.45, 2.75) is 13.8 Å². The number of nitrogens with zero attached hydrogens (tertiary/aromatic N) is 2. The molecule has 0 spiro atoms. The molecule has 0 aliphatic carbocycles. The normalized spacial score (nSPS) is 11.9. The van der Waals surface area contributed by atoms with E-state index >= 15 is 0 Å². The molecule has 0 atom stereocenters. The Bertz CT molecular complexity index is 894. The summed E-state index contributed by atoms with van der Waals surface area (Å²) in [5.74, 6) is 0.834. The van der Waals surface area contributed by atoms with Gasteiger partial charge in [0.1, 0.15) is 5.82 Å². The Morgan fingerprint density at radius 2 is 1.67 bits per heavy atom. The highest BCUT2D eigenvalue weighted by Gasteiger charge is 2.11. The Morgan fingerprint density at radius 3 is 2.56 bits per heavy atom. The van der Waals surface area contributed by atoms with Crippen molar-refractivity contribution in [1.29, 1.82) is 0 Å². The van der Waals surface area contributed by atoms with Crippen molar-refractivity contribution in [3.63, 3.8) is 0 Å². The lowest BCUT2D eigenvalue weighted by atomic mass is 9.95. The molecule has 86 valence electrons. The largest absolute Gasteiger partial charge is 0.233 e. The number of hydrogen-bond acceptors (Lipinski definition) is 2. The van der Waals surface area contributed by atoms with Crippen LogP contribution in [0.15, 0.2) is 36.4 Å². The summed E-state index contributed by atoms with van der Waals surface area (Å²) in [6.45, 7) is 4.10. The first-order valence-corrected chi connectivity index (χ1v) is 6.13. The van der Waals surface area contributed by atoms with E-state index in [1.807, 2.05) is 6.92 Å². The first-order chi connectivity index (χ1) is 8.74. The van der Waals surface area contributed by atoms with Crippen LogP contribution in [-0.4, -0.2) is 9.97 Å². The topological polar surface area (TPSA) is 25.8 Å². The summed E-state index contributed by atoms with van der Waals surface area (Å²) in [6.07, 6.45) is 0. The molecule has 0 amide bonds. The summed E-state index contributed by atoms with van der Waals surface area (Å²) in [7, 11) is 0. The van der Waals surface area contributed by atoms with Crippen molar-refractivity contribution >= 4 is 32.6 Å². The number of hydrogen-bond donors (Lipinski definition) is 0. The summed E-state index contributed by atoms with van der Waals surface area (Å²) in [5.41, 5.74) is 3.37. The Balaban J connectivity index is 2.46. The highest BCUT2D eigenvalue weighted by Crippen LogP contribution is 2.34. The maximum Gasteiger partial charge on any atom is 0.126 e. The Labute approximate surface area is 105 Å². The van der Waals surface area contributed by atoms with Crippen molar-refractivity contribution in [3.05, 3.63) is 47.8 Å². The fraction of sp³-hybridized carbons (Fsp3) is 0.125. The number of aromatic nitrogens is 2. The van der Waals surface area contributed by atoms with Gasteiger partial charge >= 0.3 is 0 Å². The smallest absolute Gasteiger partial charge is 0.126 e. The molecule has 0 N–H and O–H groups in total. The zero-order chi connectivity index (χ0) is 12.3. The second kappa shape index (κ2) is 3.16. The van der Waals surface area contributed by atoms with Gasteiger partial charge in [0.25, 0.3) is 0 Å². The van der Waals surface area contributed by atoms with E-state index < -0.39 is 0 Å². The number of benzene rings is 3. The fourth-order valence-corrected chi connectivity index (χ4v) is 2.87. The molecule has 18 heavy (non-hydrogen) atoms. The maximum absolute atomic E-state index is 4.58. The molecule has 3 aromatic carbocycles. The minimum atomic E-state index is 0.834. The average molecular weight is 232 g/mol. The molecule has 4 rings (SSSR count). The lowest BCUT2D eigenvalue weighted by Crippen LogP contribution is -1.94. The van der Waals surface area contributed by atoms with E-state index in [9.17, 15) is 0 Å². The molecule has 0 bridgehead atoms. The molecular formula is C16H12N2. The van der Waals surface area contributed by atoms with E-state index in [1.165, 1.54) is 27.1 Å². The molecule has 2 heteroatoms. The van der Waals surface area contributed by atoms with Crippen LogP contribution in [0.1, 0.15) is 11.4 Å². The van der Waals surface area contributed by atoms with Crippen LogP contribution in [0.5, 0.6) is 0 Å². The van der Waals surface area contributed by atoms with Crippen LogP contribution in [0, 0.1) is 13.8 Å². The minimum Gasteiger partial charge on any atom is -0.233 e. The molecule has 4 aromatic rings. The maximum atomic E-state index is 4.58. The second-order valence-electron chi connectivity index (χ2n) is 4.85. The predicted molar refractivity (Wildman–Crippen MR) is 75.2 cm³/mol. The lowest BCUT2D eigenvalue weighted by Gasteiger charge is -2.11. The van der Waals surface area contributed by atoms with Gasteiger partial charge in [0, 0.05) is 10.8 Å². The van der Waals surface area contributed by atoms with Crippen molar-refractivity contribution in [1.82, 2.24) is 9.97 Å². The standard InChI is InChI=1S/C16H12N2/c1-9-8-14-16-13(17-10(2)18-14)7-6-11-4-3-5-12(9)15(11)16/h3-8H,1-2H3. The molecule has 0 unspecified atom stereocenters. The summed E-state index contributed by atoms with van der Waals surface area (Å²) < 4.78 is 0. The number of aryl methyl sites for hydroxylation is 2. The van der Waals surface area contributed by atoms with Crippen molar-refractivity contribution in [3.8, 4) is 0 Å². The molecule has 1 heterocycles. The second-order valence-corrected chi connectivity index (χ2v) is 4.85. The molecule has 0 aliphatic heterocycles. The SMILES string of the molecule is Cc1nc2ccc3cccc4c(C)cc(n1)c2c34. The van der Waals surface area contributed by atoms with Gasteiger partial charge < -0.3 is 0 Å². The Kier molecular flexibility index (Phi) is 1.72. The van der Waals surface area contributed by atoms with Crippen LogP contribution in [0.2, 0.25) is 0 Å². The Hall–Kier alpha value is -2.22. The molecule has 0 saturated carbocycles. The monoisotopic (exact) mass is 232 g/mol. The molecule has 1 aromatic heterocycles. The zero-order valence-electron chi connectivity index (χ0n) is 10.4. The van der Waals surface area contributed by atoms with Crippen LogP contribution in [0.4, 0.5) is 0 Å². The van der Waals surface area contributed by atoms with Gasteiger partial charge in [-0.05, 0) is 42.3 Å². The molecule has 0 fully saturated rings. The summed E-state index contributed by atoms with van der Waals surface area (Å²) in [4.78, 5) is 9.12. The lowest BCUT2D eigenvalue weighted by molar-refractivity contribution is 1.12. The molecular weight excluding hydrogens is 220 g/mol. The molecule has 0 saturated heterocycles. The minimum absolute atomic E-state index is 0.834. The van der Waals surface area contributed by atoms with E-state index in [0.29, 0.717) is 0 Å². The van der Waals surface area contributed by atoms with Crippen LogP contribution in [0.25, 0.3) is 32.6 Å². The van der Waals surface area contributed by atoms with Gasteiger partial charge in [0.15, 0.2) is 0 Å². The molecule has 0 radical (unpaired) electrons. The highest BCUT2D eigenvalue weighted by atomic mass is 14.9. The quantitative estimate of drug-likeness (QED) is 0.428. The summed E-state index contributed by atoms with van der Waals surface area (Å²) in [5, 5.41) is 5.06. The van der Waals surface area contributed by atoms with E-state index in [0.717, 1.165) is 16.9 Å². The van der Waals surface area contributed by atoms with Gasteiger partial charge in [0.05, 0.1) is 11.0 Å². The van der Waals surface area contributed by atoms with E-state index in [2.05, 4.69) is 53.3 Å². The summed E-state index contributed by atoms with van der Waals surface area (Å²) >= 11 is 0. The molecule has 0 aliphatic rings. The predicted octanol–water partition coefficient (Wildman–Crippen LogP) is 3.99. The first kappa shape index (κ1) is 9.77. The van der Waals surface area contributed by atoms with Crippen LogP contribution < -0.4 is 0 Å². The summed E-state index contributed by atoms with van der Waals surface area (Å²) in [6, 6.07) is 12.8. The molecule has 2 nitrogen and oxygen atoms in total. The van der Waals surface area contributed by atoms with Gasteiger partial charge in [0.2, 0.25) is 0 Å². The highest BCUT2D eigenvalue weighted by molar-refractivity contribution is 6.22. The van der Waals surface area contributed by atoms with Gasteiger partial charge in [-0.25, -0.2) is 9.97 Å². The first-order valence-electron chi connectivity index (χ1n) is 6.13. The van der Waals surface area contributed by atoms with Gasteiger partial charge in [-0.15, -0.1) is 0 Å². The van der Waals surface area contributed by atoms with Gasteiger partial charge in [-0.1, -0.05) is 24.3 Å². The van der Waals surface area contributed by atoms with E-state index in [1.54, 1.807) is 0 Å². The Morgan fingerprint density at radius 1 is 0.833 bits per heavy atom. The van der Waals surface area contributed by atoms with Crippen LogP contribution >= 0.6 is 0 Å². The third-order valence-electron chi connectivity index (χ3n) is 3.62. The number of rotatable bonds is 0. The third-order valence-corrected chi connectivity index (χ3v) is 3.62. The van der Waals surface area contributed by atoms with Crippen molar-refractivity contribution in [2.75, 3.05) is 0 Å². The zero-order valence-corrected chi connectivity index (χ0v) is 10.4. The van der Waals surface area contributed by atoms with E-state index in [4.69, 9.17) is 0 Å².